The number of nitrogens with one attached hydrogen (secondary N) is 1. The van der Waals surface area contributed by atoms with Gasteiger partial charge in [0, 0.05) is 6.54 Å². The zero-order chi connectivity index (χ0) is 12.8. The molecule has 0 spiro atoms. The number of rotatable bonds is 6. The SMILES string of the molecule is CCOC(=O)C(C)CNC(C)c1ccc(C)o1. The summed E-state index contributed by atoms with van der Waals surface area (Å²) >= 11 is 0. The van der Waals surface area contributed by atoms with Gasteiger partial charge in [0.05, 0.1) is 18.6 Å². The Morgan fingerprint density at radius 2 is 2.18 bits per heavy atom. The third-order valence-electron chi connectivity index (χ3n) is 2.61. The Balaban J connectivity index is 2.37. The summed E-state index contributed by atoms with van der Waals surface area (Å²) in [6, 6.07) is 3.98. The van der Waals surface area contributed by atoms with Crippen molar-refractivity contribution in [2.75, 3.05) is 13.2 Å². The number of ether oxygens (including phenoxy) is 1. The minimum Gasteiger partial charge on any atom is -0.466 e. The van der Waals surface area contributed by atoms with E-state index in [0.717, 1.165) is 11.5 Å². The number of furan rings is 1. The van der Waals surface area contributed by atoms with Crippen LogP contribution in [0.5, 0.6) is 0 Å². The van der Waals surface area contributed by atoms with Crippen molar-refractivity contribution >= 4 is 5.97 Å². The van der Waals surface area contributed by atoms with Crippen LogP contribution in [0.25, 0.3) is 0 Å². The second-order valence-corrected chi connectivity index (χ2v) is 4.23. The molecule has 0 amide bonds. The van der Waals surface area contributed by atoms with Gasteiger partial charge in [-0.1, -0.05) is 6.92 Å². The summed E-state index contributed by atoms with van der Waals surface area (Å²) in [4.78, 5) is 11.4. The number of esters is 1. The van der Waals surface area contributed by atoms with E-state index in [1.807, 2.05) is 39.8 Å². The number of aryl methyl sites for hydroxylation is 1. The highest BCUT2D eigenvalue weighted by atomic mass is 16.5. The molecule has 0 fully saturated rings. The maximum absolute atomic E-state index is 11.4. The van der Waals surface area contributed by atoms with E-state index in [4.69, 9.17) is 9.15 Å². The first-order valence-corrected chi connectivity index (χ1v) is 6.01. The molecule has 1 heterocycles. The summed E-state index contributed by atoms with van der Waals surface area (Å²) in [6.45, 7) is 8.60. The third-order valence-corrected chi connectivity index (χ3v) is 2.61. The average molecular weight is 239 g/mol. The fraction of sp³-hybridized carbons (Fsp3) is 0.615. The summed E-state index contributed by atoms with van der Waals surface area (Å²) in [5, 5.41) is 3.26. The van der Waals surface area contributed by atoms with Gasteiger partial charge in [0.25, 0.3) is 0 Å². The van der Waals surface area contributed by atoms with E-state index >= 15 is 0 Å². The number of carbonyl (C=O) groups excluding carboxylic acids is 1. The maximum Gasteiger partial charge on any atom is 0.309 e. The molecule has 0 saturated carbocycles. The second-order valence-electron chi connectivity index (χ2n) is 4.23. The van der Waals surface area contributed by atoms with Gasteiger partial charge in [-0.2, -0.15) is 0 Å². The maximum atomic E-state index is 11.4. The number of hydrogen-bond acceptors (Lipinski definition) is 4. The molecule has 0 aromatic carbocycles. The van der Waals surface area contributed by atoms with E-state index in [-0.39, 0.29) is 17.9 Å². The second kappa shape index (κ2) is 6.45. The van der Waals surface area contributed by atoms with Crippen molar-refractivity contribution in [3.05, 3.63) is 23.7 Å². The van der Waals surface area contributed by atoms with Gasteiger partial charge in [0.2, 0.25) is 0 Å². The highest BCUT2D eigenvalue weighted by Gasteiger charge is 2.16. The summed E-state index contributed by atoms with van der Waals surface area (Å²) < 4.78 is 10.5. The summed E-state index contributed by atoms with van der Waals surface area (Å²) in [5.74, 6) is 1.47. The largest absolute Gasteiger partial charge is 0.466 e. The normalized spacial score (nSPS) is 14.4. The lowest BCUT2D eigenvalue weighted by molar-refractivity contribution is -0.147. The Morgan fingerprint density at radius 1 is 1.47 bits per heavy atom. The van der Waals surface area contributed by atoms with Crippen LogP contribution in [0.3, 0.4) is 0 Å². The molecule has 96 valence electrons. The summed E-state index contributed by atoms with van der Waals surface area (Å²) in [6.07, 6.45) is 0. The minimum atomic E-state index is -0.164. The molecule has 4 nitrogen and oxygen atoms in total. The van der Waals surface area contributed by atoms with Crippen molar-refractivity contribution in [3.63, 3.8) is 0 Å². The molecular formula is C13H21NO3. The Hall–Kier alpha value is -1.29. The van der Waals surface area contributed by atoms with Crippen LogP contribution in [0.15, 0.2) is 16.5 Å². The van der Waals surface area contributed by atoms with Crippen LogP contribution < -0.4 is 5.32 Å². The van der Waals surface area contributed by atoms with Gasteiger partial charge < -0.3 is 14.5 Å². The van der Waals surface area contributed by atoms with Crippen LogP contribution >= 0.6 is 0 Å². The first kappa shape index (κ1) is 13.8. The standard InChI is InChI=1S/C13H21NO3/c1-5-16-13(15)9(2)8-14-11(4)12-7-6-10(3)17-12/h6-7,9,11,14H,5,8H2,1-4H3. The predicted octanol–water partition coefficient (Wildman–Crippen LogP) is 2.44. The molecule has 1 rings (SSSR count). The van der Waals surface area contributed by atoms with Gasteiger partial charge in [0.15, 0.2) is 0 Å². The lowest BCUT2D eigenvalue weighted by Crippen LogP contribution is -2.29. The Kier molecular flexibility index (Phi) is 5.22. The third kappa shape index (κ3) is 4.23. The molecule has 1 aromatic rings. The molecule has 1 aromatic heterocycles. The lowest BCUT2D eigenvalue weighted by atomic mass is 10.1. The van der Waals surface area contributed by atoms with Crippen LogP contribution in [-0.4, -0.2) is 19.1 Å². The van der Waals surface area contributed by atoms with E-state index < -0.39 is 0 Å². The molecule has 0 aliphatic carbocycles. The predicted molar refractivity (Wildman–Crippen MR) is 65.7 cm³/mol. The van der Waals surface area contributed by atoms with Gasteiger partial charge in [-0.15, -0.1) is 0 Å². The molecule has 0 aliphatic heterocycles. The van der Waals surface area contributed by atoms with Crippen molar-refractivity contribution in [2.45, 2.75) is 33.7 Å². The molecule has 17 heavy (non-hydrogen) atoms. The van der Waals surface area contributed by atoms with Crippen LogP contribution in [0, 0.1) is 12.8 Å². The van der Waals surface area contributed by atoms with Crippen LogP contribution in [0.1, 0.15) is 38.3 Å². The zero-order valence-corrected chi connectivity index (χ0v) is 10.9. The molecule has 2 unspecified atom stereocenters. The van der Waals surface area contributed by atoms with E-state index in [1.165, 1.54) is 0 Å². The van der Waals surface area contributed by atoms with Gasteiger partial charge in [-0.05, 0) is 32.9 Å². The monoisotopic (exact) mass is 239 g/mol. The Bertz CT molecular complexity index is 359. The van der Waals surface area contributed by atoms with E-state index in [1.54, 1.807) is 0 Å². The van der Waals surface area contributed by atoms with Crippen LogP contribution in [0.4, 0.5) is 0 Å². The summed E-state index contributed by atoms with van der Waals surface area (Å²) in [7, 11) is 0. The van der Waals surface area contributed by atoms with Gasteiger partial charge in [-0.25, -0.2) is 0 Å². The highest BCUT2D eigenvalue weighted by molar-refractivity contribution is 5.72. The van der Waals surface area contributed by atoms with Crippen molar-refractivity contribution in [2.24, 2.45) is 5.92 Å². The van der Waals surface area contributed by atoms with E-state index in [2.05, 4.69) is 5.32 Å². The van der Waals surface area contributed by atoms with Gasteiger partial charge in [0.1, 0.15) is 11.5 Å². The molecule has 0 bridgehead atoms. The van der Waals surface area contributed by atoms with Gasteiger partial charge in [-0.3, -0.25) is 4.79 Å². The van der Waals surface area contributed by atoms with E-state index in [0.29, 0.717) is 13.2 Å². The minimum absolute atomic E-state index is 0.0978. The first-order valence-electron chi connectivity index (χ1n) is 6.01. The molecule has 0 saturated heterocycles. The van der Waals surface area contributed by atoms with Crippen molar-refractivity contribution < 1.29 is 13.9 Å². The Morgan fingerprint density at radius 3 is 2.71 bits per heavy atom. The topological polar surface area (TPSA) is 51.5 Å². The quantitative estimate of drug-likeness (QED) is 0.775. The molecule has 2 atom stereocenters. The number of hydrogen-bond donors (Lipinski definition) is 1. The zero-order valence-electron chi connectivity index (χ0n) is 10.9. The van der Waals surface area contributed by atoms with Crippen molar-refractivity contribution in [1.82, 2.24) is 5.32 Å². The summed E-state index contributed by atoms with van der Waals surface area (Å²) in [5.41, 5.74) is 0. The molecule has 0 radical (unpaired) electrons. The molecule has 4 heteroatoms. The smallest absolute Gasteiger partial charge is 0.309 e. The molecule has 1 N–H and O–H groups in total. The van der Waals surface area contributed by atoms with Crippen molar-refractivity contribution in [3.8, 4) is 0 Å². The Labute approximate surface area is 102 Å². The van der Waals surface area contributed by atoms with Crippen LogP contribution in [0.2, 0.25) is 0 Å². The van der Waals surface area contributed by atoms with Gasteiger partial charge >= 0.3 is 5.97 Å². The van der Waals surface area contributed by atoms with Crippen molar-refractivity contribution in [1.29, 1.82) is 0 Å². The fourth-order valence-electron chi connectivity index (χ4n) is 1.51. The average Bonchev–Trinajstić information content (AvgIpc) is 2.72. The van der Waals surface area contributed by atoms with E-state index in [9.17, 15) is 4.79 Å². The fourth-order valence-corrected chi connectivity index (χ4v) is 1.51. The lowest BCUT2D eigenvalue weighted by Gasteiger charge is -2.15. The number of carbonyl (C=O) groups is 1. The van der Waals surface area contributed by atoms with Crippen LogP contribution in [-0.2, 0) is 9.53 Å². The molecule has 0 aliphatic rings. The highest BCUT2D eigenvalue weighted by Crippen LogP contribution is 2.15. The molecular weight excluding hydrogens is 218 g/mol. The first-order chi connectivity index (χ1) is 8.04.